The SMILES string of the molecule is CCOc1ccc(NC(=O)CSc2nnc3c4c5c(sc4nc(NCc4ccccc4)n23)CCC(C)C5)cc1. The topological polar surface area (TPSA) is 93.4 Å². The molecule has 200 valence electrons. The summed E-state index contributed by atoms with van der Waals surface area (Å²) >= 11 is 3.13. The Morgan fingerprint density at radius 3 is 2.77 bits per heavy atom. The maximum atomic E-state index is 12.8. The van der Waals surface area contributed by atoms with Crippen LogP contribution in [0.2, 0.25) is 0 Å². The van der Waals surface area contributed by atoms with E-state index in [-0.39, 0.29) is 11.7 Å². The average molecular weight is 559 g/mol. The lowest BCUT2D eigenvalue weighted by Crippen LogP contribution is -2.14. The van der Waals surface area contributed by atoms with E-state index >= 15 is 0 Å². The van der Waals surface area contributed by atoms with Crippen molar-refractivity contribution in [2.75, 3.05) is 23.0 Å². The van der Waals surface area contributed by atoms with E-state index in [0.717, 1.165) is 45.7 Å². The molecule has 3 aromatic heterocycles. The molecular weight excluding hydrogens is 528 g/mol. The van der Waals surface area contributed by atoms with Gasteiger partial charge in [0.15, 0.2) is 10.8 Å². The predicted molar refractivity (Wildman–Crippen MR) is 158 cm³/mol. The number of amides is 1. The molecule has 8 nitrogen and oxygen atoms in total. The number of hydrogen-bond donors (Lipinski definition) is 2. The zero-order chi connectivity index (χ0) is 26.8. The number of carbonyl (C=O) groups is 1. The highest BCUT2D eigenvalue weighted by Crippen LogP contribution is 2.40. The van der Waals surface area contributed by atoms with Crippen molar-refractivity contribution in [2.24, 2.45) is 5.92 Å². The number of anilines is 2. The van der Waals surface area contributed by atoms with Crippen LogP contribution in [0.1, 0.15) is 36.3 Å². The van der Waals surface area contributed by atoms with E-state index in [9.17, 15) is 4.79 Å². The fraction of sp³-hybridized carbons (Fsp3) is 0.310. The number of aromatic nitrogens is 4. The highest BCUT2D eigenvalue weighted by Gasteiger charge is 2.26. The second-order valence-electron chi connectivity index (χ2n) is 9.74. The van der Waals surface area contributed by atoms with Crippen molar-refractivity contribution in [3.05, 3.63) is 70.6 Å². The van der Waals surface area contributed by atoms with Crippen LogP contribution in [0.4, 0.5) is 11.6 Å². The molecule has 10 heteroatoms. The summed E-state index contributed by atoms with van der Waals surface area (Å²) in [5.74, 6) is 2.18. The zero-order valence-electron chi connectivity index (χ0n) is 21.9. The molecule has 0 radical (unpaired) electrons. The number of aryl methyl sites for hydroxylation is 1. The van der Waals surface area contributed by atoms with Crippen molar-refractivity contribution in [1.82, 2.24) is 19.6 Å². The van der Waals surface area contributed by atoms with Gasteiger partial charge in [-0.05, 0) is 67.5 Å². The summed E-state index contributed by atoms with van der Waals surface area (Å²) < 4.78 is 7.46. The third-order valence-electron chi connectivity index (χ3n) is 6.84. The lowest BCUT2D eigenvalue weighted by molar-refractivity contribution is -0.113. The molecule has 0 bridgehead atoms. The Balaban J connectivity index is 1.29. The minimum atomic E-state index is -0.115. The van der Waals surface area contributed by atoms with Crippen molar-refractivity contribution in [3.63, 3.8) is 0 Å². The molecule has 3 heterocycles. The van der Waals surface area contributed by atoms with Crippen LogP contribution in [0.3, 0.4) is 0 Å². The first kappa shape index (κ1) is 25.6. The Hall–Kier alpha value is -3.63. The third-order valence-corrected chi connectivity index (χ3v) is 8.95. The molecule has 5 aromatic rings. The van der Waals surface area contributed by atoms with Gasteiger partial charge < -0.3 is 15.4 Å². The van der Waals surface area contributed by atoms with E-state index in [1.165, 1.54) is 28.6 Å². The number of benzene rings is 2. The van der Waals surface area contributed by atoms with E-state index in [0.29, 0.717) is 30.2 Å². The van der Waals surface area contributed by atoms with Gasteiger partial charge in [0.2, 0.25) is 11.9 Å². The summed E-state index contributed by atoms with van der Waals surface area (Å²) in [7, 11) is 0. The molecule has 1 atom stereocenters. The Morgan fingerprint density at radius 2 is 1.97 bits per heavy atom. The number of thiophene rings is 1. The quantitative estimate of drug-likeness (QED) is 0.208. The normalized spacial score (nSPS) is 14.9. The van der Waals surface area contributed by atoms with Gasteiger partial charge >= 0.3 is 0 Å². The third kappa shape index (κ3) is 5.44. The lowest BCUT2D eigenvalue weighted by atomic mass is 9.89. The summed E-state index contributed by atoms with van der Waals surface area (Å²) in [5.41, 5.74) is 4.04. The lowest BCUT2D eigenvalue weighted by Gasteiger charge is -2.18. The molecular formula is C29H30N6O2S2. The number of ether oxygens (including phenoxy) is 1. The average Bonchev–Trinajstić information content (AvgIpc) is 3.53. The van der Waals surface area contributed by atoms with Crippen molar-refractivity contribution in [1.29, 1.82) is 0 Å². The van der Waals surface area contributed by atoms with Crippen LogP contribution in [0, 0.1) is 5.92 Å². The van der Waals surface area contributed by atoms with Gasteiger partial charge in [-0.25, -0.2) is 9.38 Å². The molecule has 1 unspecified atom stereocenters. The van der Waals surface area contributed by atoms with Crippen molar-refractivity contribution in [2.45, 2.75) is 44.8 Å². The monoisotopic (exact) mass is 558 g/mol. The molecule has 39 heavy (non-hydrogen) atoms. The van der Waals surface area contributed by atoms with Crippen LogP contribution in [0.25, 0.3) is 15.9 Å². The molecule has 2 N–H and O–H groups in total. The van der Waals surface area contributed by atoms with Gasteiger partial charge in [0.05, 0.1) is 17.7 Å². The van der Waals surface area contributed by atoms with E-state index in [1.54, 1.807) is 11.3 Å². The van der Waals surface area contributed by atoms with Crippen molar-refractivity contribution >= 4 is 56.5 Å². The first-order valence-electron chi connectivity index (χ1n) is 13.2. The number of fused-ring (bicyclic) bond motifs is 5. The summed E-state index contributed by atoms with van der Waals surface area (Å²) in [6.45, 7) is 5.47. The van der Waals surface area contributed by atoms with Crippen LogP contribution in [0.5, 0.6) is 5.75 Å². The summed E-state index contributed by atoms with van der Waals surface area (Å²) in [4.78, 5) is 20.3. The zero-order valence-corrected chi connectivity index (χ0v) is 23.6. The van der Waals surface area contributed by atoms with Gasteiger partial charge in [-0.1, -0.05) is 49.0 Å². The summed E-state index contributed by atoms with van der Waals surface area (Å²) in [6, 6.07) is 17.6. The van der Waals surface area contributed by atoms with Gasteiger partial charge in [0.1, 0.15) is 10.6 Å². The van der Waals surface area contributed by atoms with Crippen LogP contribution < -0.4 is 15.4 Å². The van der Waals surface area contributed by atoms with Crippen LogP contribution >= 0.6 is 23.1 Å². The fourth-order valence-corrected chi connectivity index (χ4v) is 6.88. The Morgan fingerprint density at radius 1 is 1.15 bits per heavy atom. The number of rotatable bonds is 9. The molecule has 1 amide bonds. The standard InChI is InChI=1S/C29H30N6O2S2/c1-3-37-21-12-10-20(11-13-21)31-24(36)17-38-29-34-33-26-25-22-15-18(2)9-14-23(22)39-27(25)32-28(35(26)29)30-16-19-7-5-4-6-8-19/h4-8,10-13,18H,3,9,14-17H2,1-2H3,(H,30,32)(H,31,36). The maximum Gasteiger partial charge on any atom is 0.234 e. The van der Waals surface area contributed by atoms with Crippen LogP contribution in [-0.2, 0) is 24.2 Å². The van der Waals surface area contributed by atoms with E-state index in [4.69, 9.17) is 9.72 Å². The number of hydrogen-bond acceptors (Lipinski definition) is 8. The molecule has 2 aromatic carbocycles. The highest BCUT2D eigenvalue weighted by molar-refractivity contribution is 7.99. The molecule has 0 saturated carbocycles. The fourth-order valence-electron chi connectivity index (χ4n) is 4.94. The summed E-state index contributed by atoms with van der Waals surface area (Å²) in [5, 5.41) is 17.4. The van der Waals surface area contributed by atoms with Crippen molar-refractivity contribution < 1.29 is 9.53 Å². The Labute approximate surface area is 235 Å². The molecule has 1 aliphatic rings. The van der Waals surface area contributed by atoms with E-state index in [1.807, 2.05) is 53.8 Å². The van der Waals surface area contributed by atoms with E-state index < -0.39 is 0 Å². The Kier molecular flexibility index (Phi) is 7.38. The number of nitrogens with one attached hydrogen (secondary N) is 2. The Bertz CT molecular complexity index is 1610. The van der Waals surface area contributed by atoms with Gasteiger partial charge in [-0.15, -0.1) is 21.5 Å². The molecule has 0 aliphatic heterocycles. The van der Waals surface area contributed by atoms with Crippen LogP contribution in [0.15, 0.2) is 59.8 Å². The highest BCUT2D eigenvalue weighted by atomic mass is 32.2. The molecule has 6 rings (SSSR count). The van der Waals surface area contributed by atoms with Gasteiger partial charge in [-0.2, -0.15) is 0 Å². The minimum absolute atomic E-state index is 0.115. The molecule has 1 aliphatic carbocycles. The minimum Gasteiger partial charge on any atom is -0.494 e. The summed E-state index contributed by atoms with van der Waals surface area (Å²) in [6.07, 6.45) is 3.31. The number of carbonyl (C=O) groups excluding carboxylic acids is 1. The second-order valence-corrected chi connectivity index (χ2v) is 11.8. The van der Waals surface area contributed by atoms with Gasteiger partial charge in [0, 0.05) is 17.1 Å². The second kappa shape index (κ2) is 11.2. The van der Waals surface area contributed by atoms with Crippen molar-refractivity contribution in [3.8, 4) is 5.75 Å². The smallest absolute Gasteiger partial charge is 0.234 e. The first-order chi connectivity index (χ1) is 19.1. The number of nitrogens with zero attached hydrogens (tertiary/aromatic N) is 4. The molecule has 0 spiro atoms. The largest absolute Gasteiger partial charge is 0.494 e. The van der Waals surface area contributed by atoms with Gasteiger partial charge in [-0.3, -0.25) is 4.79 Å². The first-order valence-corrected chi connectivity index (χ1v) is 15.0. The van der Waals surface area contributed by atoms with Crippen LogP contribution in [-0.4, -0.2) is 37.8 Å². The molecule has 0 fully saturated rings. The maximum absolute atomic E-state index is 12.8. The van der Waals surface area contributed by atoms with Gasteiger partial charge in [0.25, 0.3) is 0 Å². The van der Waals surface area contributed by atoms with E-state index in [2.05, 4.69) is 39.9 Å². The molecule has 0 saturated heterocycles. The number of thioether (sulfide) groups is 1. The predicted octanol–water partition coefficient (Wildman–Crippen LogP) is 6.21.